The maximum Gasteiger partial charge on any atom is 0.173 e. The number of anilines is 1. The Morgan fingerprint density at radius 3 is 2.41 bits per heavy atom. The maximum absolute atomic E-state index is 5.92. The van der Waals surface area contributed by atoms with E-state index in [2.05, 4.69) is 12.2 Å². The van der Waals surface area contributed by atoms with Gasteiger partial charge in [-0.25, -0.2) is 0 Å². The Labute approximate surface area is 118 Å². The van der Waals surface area contributed by atoms with Crippen LogP contribution in [0.3, 0.4) is 0 Å². The Kier molecular flexibility index (Phi) is 6.03. The second-order valence-corrected chi connectivity index (χ2v) is 5.12. The molecule has 2 nitrogen and oxygen atoms in total. The first-order valence-electron chi connectivity index (χ1n) is 5.51. The van der Waals surface area contributed by atoms with Crippen LogP contribution < -0.4 is 5.32 Å². The van der Waals surface area contributed by atoms with Crippen molar-refractivity contribution in [3.8, 4) is 0 Å². The van der Waals surface area contributed by atoms with E-state index < -0.39 is 0 Å². The molecule has 0 saturated carbocycles. The van der Waals surface area contributed by atoms with Gasteiger partial charge in [0.25, 0.3) is 0 Å². The first-order chi connectivity index (χ1) is 8.02. The van der Waals surface area contributed by atoms with Crippen LogP contribution in [0.2, 0.25) is 10.0 Å². The molecule has 0 amide bonds. The smallest absolute Gasteiger partial charge is 0.173 e. The minimum atomic E-state index is 0.596. The third-order valence-corrected chi connectivity index (χ3v) is 3.16. The standard InChI is InChI=1S/C12H16Cl2N2S/c1-3-4-5-16(2)12(17)15-11-7-9(13)6-10(14)8-11/h6-8H,3-5H2,1-2H3,(H,15,17). The fraction of sp³-hybridized carbons (Fsp3) is 0.417. The number of nitrogens with one attached hydrogen (secondary N) is 1. The van der Waals surface area contributed by atoms with Gasteiger partial charge in [-0.3, -0.25) is 0 Å². The molecule has 0 aliphatic rings. The number of rotatable bonds is 4. The van der Waals surface area contributed by atoms with Gasteiger partial charge in [0.1, 0.15) is 0 Å². The molecule has 5 heteroatoms. The Bertz CT molecular complexity index is 376. The van der Waals surface area contributed by atoms with Crippen molar-refractivity contribution in [1.82, 2.24) is 4.90 Å². The van der Waals surface area contributed by atoms with Gasteiger partial charge in [0.15, 0.2) is 5.11 Å². The molecule has 0 atom stereocenters. The van der Waals surface area contributed by atoms with E-state index in [0.29, 0.717) is 15.2 Å². The van der Waals surface area contributed by atoms with Crippen LogP contribution in [0.25, 0.3) is 0 Å². The van der Waals surface area contributed by atoms with E-state index in [1.54, 1.807) is 18.2 Å². The van der Waals surface area contributed by atoms with Gasteiger partial charge in [0.2, 0.25) is 0 Å². The first kappa shape index (κ1) is 14.6. The van der Waals surface area contributed by atoms with Crippen LogP contribution in [0.1, 0.15) is 19.8 Å². The monoisotopic (exact) mass is 290 g/mol. The normalized spacial score (nSPS) is 10.1. The van der Waals surface area contributed by atoms with E-state index in [-0.39, 0.29) is 0 Å². The number of hydrogen-bond donors (Lipinski definition) is 1. The van der Waals surface area contributed by atoms with E-state index in [1.807, 2.05) is 11.9 Å². The molecule has 0 bridgehead atoms. The molecular formula is C12H16Cl2N2S. The Hall–Kier alpha value is -0.510. The molecule has 0 heterocycles. The predicted molar refractivity (Wildman–Crippen MR) is 80.2 cm³/mol. The molecule has 1 aromatic rings. The van der Waals surface area contributed by atoms with Crippen LogP contribution in [-0.4, -0.2) is 23.6 Å². The van der Waals surface area contributed by atoms with E-state index in [4.69, 9.17) is 35.4 Å². The Balaban J connectivity index is 2.61. The molecule has 0 aliphatic carbocycles. The number of thiocarbonyl (C=S) groups is 1. The SMILES string of the molecule is CCCCN(C)C(=S)Nc1cc(Cl)cc(Cl)c1. The molecule has 0 saturated heterocycles. The average molecular weight is 291 g/mol. The quantitative estimate of drug-likeness (QED) is 0.827. The summed E-state index contributed by atoms with van der Waals surface area (Å²) in [4.78, 5) is 2.01. The minimum Gasteiger partial charge on any atom is -0.352 e. The highest BCUT2D eigenvalue weighted by Gasteiger charge is 2.05. The number of halogens is 2. The van der Waals surface area contributed by atoms with Crippen LogP contribution in [0.4, 0.5) is 5.69 Å². The van der Waals surface area contributed by atoms with E-state index in [9.17, 15) is 0 Å². The van der Waals surface area contributed by atoms with Crippen molar-refractivity contribution < 1.29 is 0 Å². The zero-order chi connectivity index (χ0) is 12.8. The topological polar surface area (TPSA) is 15.3 Å². The van der Waals surface area contributed by atoms with Crippen LogP contribution in [-0.2, 0) is 0 Å². The Morgan fingerprint density at radius 1 is 1.29 bits per heavy atom. The summed E-state index contributed by atoms with van der Waals surface area (Å²) in [7, 11) is 1.97. The summed E-state index contributed by atoms with van der Waals surface area (Å²) in [5.41, 5.74) is 0.816. The van der Waals surface area contributed by atoms with E-state index in [0.717, 1.165) is 25.1 Å². The minimum absolute atomic E-state index is 0.596. The van der Waals surface area contributed by atoms with Crippen molar-refractivity contribution >= 4 is 46.2 Å². The van der Waals surface area contributed by atoms with E-state index >= 15 is 0 Å². The summed E-state index contributed by atoms with van der Waals surface area (Å²) in [5.74, 6) is 0. The predicted octanol–water partition coefficient (Wildman–Crippen LogP) is 4.42. The van der Waals surface area contributed by atoms with Crippen LogP contribution >= 0.6 is 35.4 Å². The fourth-order valence-corrected chi connectivity index (χ4v) is 2.08. The van der Waals surface area contributed by atoms with Crippen molar-refractivity contribution in [2.45, 2.75) is 19.8 Å². The molecule has 0 unspecified atom stereocenters. The summed E-state index contributed by atoms with van der Waals surface area (Å²) >= 11 is 17.1. The second-order valence-electron chi connectivity index (χ2n) is 3.86. The third-order valence-electron chi connectivity index (χ3n) is 2.31. The molecule has 94 valence electrons. The molecule has 0 spiro atoms. The maximum atomic E-state index is 5.92. The molecular weight excluding hydrogens is 275 g/mol. The highest BCUT2D eigenvalue weighted by atomic mass is 35.5. The summed E-state index contributed by atoms with van der Waals surface area (Å²) < 4.78 is 0. The molecule has 0 radical (unpaired) electrons. The average Bonchev–Trinajstić information content (AvgIpc) is 2.24. The van der Waals surface area contributed by atoms with Gasteiger partial charge in [-0.2, -0.15) is 0 Å². The van der Waals surface area contributed by atoms with Crippen molar-refractivity contribution in [3.63, 3.8) is 0 Å². The summed E-state index contributed by atoms with van der Waals surface area (Å²) in [6.07, 6.45) is 2.27. The van der Waals surface area contributed by atoms with E-state index in [1.165, 1.54) is 0 Å². The number of nitrogens with zero attached hydrogens (tertiary/aromatic N) is 1. The summed E-state index contributed by atoms with van der Waals surface area (Å²) in [6.45, 7) is 3.09. The second kappa shape index (κ2) is 7.04. The molecule has 1 rings (SSSR count). The van der Waals surface area contributed by atoms with Crippen LogP contribution in [0, 0.1) is 0 Å². The van der Waals surface area contributed by atoms with Gasteiger partial charge in [0.05, 0.1) is 0 Å². The molecule has 1 N–H and O–H groups in total. The lowest BCUT2D eigenvalue weighted by Gasteiger charge is -2.20. The third kappa shape index (κ3) is 5.11. The molecule has 1 aromatic carbocycles. The molecule has 0 fully saturated rings. The van der Waals surface area contributed by atoms with Crippen LogP contribution in [0.5, 0.6) is 0 Å². The molecule has 0 aliphatic heterocycles. The van der Waals surface area contributed by atoms with Crippen molar-refractivity contribution in [1.29, 1.82) is 0 Å². The first-order valence-corrected chi connectivity index (χ1v) is 6.67. The summed E-state index contributed by atoms with van der Waals surface area (Å²) in [5, 5.41) is 4.99. The molecule has 0 aromatic heterocycles. The van der Waals surface area contributed by atoms with Crippen LogP contribution in [0.15, 0.2) is 18.2 Å². The van der Waals surface area contributed by atoms with Gasteiger partial charge < -0.3 is 10.2 Å². The largest absolute Gasteiger partial charge is 0.352 e. The number of hydrogen-bond acceptors (Lipinski definition) is 1. The van der Waals surface area contributed by atoms with Crippen molar-refractivity contribution in [2.24, 2.45) is 0 Å². The van der Waals surface area contributed by atoms with Gasteiger partial charge >= 0.3 is 0 Å². The van der Waals surface area contributed by atoms with Crippen molar-refractivity contribution in [2.75, 3.05) is 18.9 Å². The van der Waals surface area contributed by atoms with Gasteiger partial charge in [0, 0.05) is 29.3 Å². The highest BCUT2D eigenvalue weighted by molar-refractivity contribution is 7.80. The lowest BCUT2D eigenvalue weighted by molar-refractivity contribution is 0.491. The number of benzene rings is 1. The Morgan fingerprint density at radius 2 is 1.88 bits per heavy atom. The number of unbranched alkanes of at least 4 members (excludes halogenated alkanes) is 1. The summed E-state index contributed by atoms with van der Waals surface area (Å²) in [6, 6.07) is 5.29. The van der Waals surface area contributed by atoms with Gasteiger partial charge in [-0.15, -0.1) is 0 Å². The fourth-order valence-electron chi connectivity index (χ4n) is 1.34. The highest BCUT2D eigenvalue weighted by Crippen LogP contribution is 2.22. The van der Waals surface area contributed by atoms with Crippen molar-refractivity contribution in [3.05, 3.63) is 28.2 Å². The lowest BCUT2D eigenvalue weighted by atomic mass is 10.3. The molecule has 17 heavy (non-hydrogen) atoms. The van der Waals surface area contributed by atoms with Gasteiger partial charge in [-0.1, -0.05) is 36.5 Å². The lowest BCUT2D eigenvalue weighted by Crippen LogP contribution is -2.31. The van der Waals surface area contributed by atoms with Gasteiger partial charge in [-0.05, 0) is 36.8 Å². The zero-order valence-electron chi connectivity index (χ0n) is 9.96. The zero-order valence-corrected chi connectivity index (χ0v) is 12.3.